The molecule has 0 saturated heterocycles. The van der Waals surface area contributed by atoms with Crippen molar-refractivity contribution in [2.45, 2.75) is 71.6 Å². The molecule has 0 bridgehead atoms. The standard InChI is InChI=1S/C13H26O2.C3H4/c1-3-5-6-7-8-9-10-11-12-13(14)15-4-2;1-3-2/h3-12H2,1-2H3;1-2H2. The zero-order valence-corrected chi connectivity index (χ0v) is 12.3. The maximum Gasteiger partial charge on any atom is 0.305 e. The third kappa shape index (κ3) is 20.4. The molecule has 0 unspecified atom stereocenters. The Kier molecular flexibility index (Phi) is 19.7. The van der Waals surface area contributed by atoms with E-state index in [2.05, 4.69) is 25.8 Å². The third-order valence-corrected chi connectivity index (χ3v) is 2.54. The van der Waals surface area contributed by atoms with Gasteiger partial charge in [-0.1, -0.05) is 65.0 Å². The molecule has 0 heterocycles. The highest BCUT2D eigenvalue weighted by molar-refractivity contribution is 5.69. The lowest BCUT2D eigenvalue weighted by atomic mass is 10.1. The fourth-order valence-corrected chi connectivity index (χ4v) is 1.64. The molecule has 0 radical (unpaired) electrons. The molecule has 0 rings (SSSR count). The topological polar surface area (TPSA) is 26.3 Å². The van der Waals surface area contributed by atoms with E-state index < -0.39 is 0 Å². The average Bonchev–Trinajstić information content (AvgIpc) is 2.34. The van der Waals surface area contributed by atoms with Crippen molar-refractivity contribution in [3.63, 3.8) is 0 Å². The van der Waals surface area contributed by atoms with Crippen LogP contribution in [0.25, 0.3) is 0 Å². The molecule has 2 nitrogen and oxygen atoms in total. The minimum absolute atomic E-state index is 0.0384. The first kappa shape index (κ1) is 19.3. The Morgan fingerprint density at radius 1 is 0.944 bits per heavy atom. The van der Waals surface area contributed by atoms with Gasteiger partial charge in [-0.3, -0.25) is 4.79 Å². The molecule has 0 aliphatic heterocycles. The molecule has 0 aromatic heterocycles. The predicted molar refractivity (Wildman–Crippen MR) is 78.6 cm³/mol. The summed E-state index contributed by atoms with van der Waals surface area (Å²) in [5.41, 5.74) is 2.25. The van der Waals surface area contributed by atoms with E-state index in [1.165, 1.54) is 44.9 Å². The van der Waals surface area contributed by atoms with E-state index >= 15 is 0 Å². The van der Waals surface area contributed by atoms with Crippen molar-refractivity contribution in [2.75, 3.05) is 6.61 Å². The summed E-state index contributed by atoms with van der Waals surface area (Å²) >= 11 is 0. The summed E-state index contributed by atoms with van der Waals surface area (Å²) < 4.78 is 4.86. The van der Waals surface area contributed by atoms with Crippen molar-refractivity contribution in [1.29, 1.82) is 0 Å². The molecular formula is C16H30O2. The van der Waals surface area contributed by atoms with E-state index in [-0.39, 0.29) is 5.97 Å². The van der Waals surface area contributed by atoms with E-state index in [9.17, 15) is 4.79 Å². The Balaban J connectivity index is 0. The molecule has 0 aromatic carbocycles. The highest BCUT2D eigenvalue weighted by Gasteiger charge is 2.00. The smallest absolute Gasteiger partial charge is 0.305 e. The number of hydrogen-bond donors (Lipinski definition) is 0. The van der Waals surface area contributed by atoms with Gasteiger partial charge in [0.05, 0.1) is 6.61 Å². The number of esters is 1. The van der Waals surface area contributed by atoms with Gasteiger partial charge in [0.15, 0.2) is 0 Å². The molecule has 0 spiro atoms. The normalized spacial score (nSPS) is 9.00. The van der Waals surface area contributed by atoms with E-state index in [1.807, 2.05) is 6.92 Å². The Morgan fingerprint density at radius 3 is 1.83 bits per heavy atom. The molecule has 0 aliphatic carbocycles. The molecule has 2 heteroatoms. The summed E-state index contributed by atoms with van der Waals surface area (Å²) in [5, 5.41) is 0. The fourth-order valence-electron chi connectivity index (χ4n) is 1.64. The van der Waals surface area contributed by atoms with E-state index in [0.717, 1.165) is 6.42 Å². The Hall–Kier alpha value is -1.01. The SMILES string of the molecule is C=C=C.CCCCCCCCCCC(=O)OCC. The minimum atomic E-state index is -0.0384. The molecule has 0 amide bonds. The Bertz CT molecular complexity index is 203. The first-order valence-corrected chi connectivity index (χ1v) is 7.17. The highest BCUT2D eigenvalue weighted by Crippen LogP contribution is 2.09. The molecular weight excluding hydrogens is 224 g/mol. The molecule has 0 fully saturated rings. The second kappa shape index (κ2) is 18.4. The zero-order chi connectivity index (χ0) is 14.1. The minimum Gasteiger partial charge on any atom is -0.466 e. The molecule has 18 heavy (non-hydrogen) atoms. The average molecular weight is 254 g/mol. The largest absolute Gasteiger partial charge is 0.466 e. The van der Waals surface area contributed by atoms with Gasteiger partial charge in [0, 0.05) is 6.42 Å². The Morgan fingerprint density at radius 2 is 1.39 bits per heavy atom. The zero-order valence-electron chi connectivity index (χ0n) is 12.3. The van der Waals surface area contributed by atoms with Gasteiger partial charge >= 0.3 is 5.97 Å². The number of carbonyl (C=O) groups excluding carboxylic acids is 1. The van der Waals surface area contributed by atoms with Gasteiger partial charge in [0.25, 0.3) is 0 Å². The van der Waals surface area contributed by atoms with Gasteiger partial charge in [0.1, 0.15) is 0 Å². The number of unbranched alkanes of at least 4 members (excludes halogenated alkanes) is 7. The van der Waals surface area contributed by atoms with E-state index in [1.54, 1.807) is 0 Å². The van der Waals surface area contributed by atoms with Gasteiger partial charge in [-0.2, -0.15) is 0 Å². The van der Waals surface area contributed by atoms with Crippen LogP contribution in [0, 0.1) is 0 Å². The summed E-state index contributed by atoms with van der Waals surface area (Å²) in [7, 11) is 0. The van der Waals surface area contributed by atoms with E-state index in [0.29, 0.717) is 13.0 Å². The molecule has 0 N–H and O–H groups in total. The molecule has 106 valence electrons. The van der Waals surface area contributed by atoms with Gasteiger partial charge in [0.2, 0.25) is 0 Å². The lowest BCUT2D eigenvalue weighted by Gasteiger charge is -2.02. The molecule has 0 atom stereocenters. The number of ether oxygens (including phenoxy) is 1. The molecule has 0 aromatic rings. The highest BCUT2D eigenvalue weighted by atomic mass is 16.5. The first-order chi connectivity index (χ1) is 8.72. The van der Waals surface area contributed by atoms with Crippen LogP contribution in [-0.2, 0) is 9.53 Å². The van der Waals surface area contributed by atoms with Gasteiger partial charge in [-0.05, 0) is 13.3 Å². The summed E-state index contributed by atoms with van der Waals surface area (Å²) in [6, 6.07) is 0. The van der Waals surface area contributed by atoms with Crippen LogP contribution in [0.4, 0.5) is 0 Å². The van der Waals surface area contributed by atoms with Crippen molar-refractivity contribution in [1.82, 2.24) is 0 Å². The fraction of sp³-hybridized carbons (Fsp3) is 0.750. The van der Waals surface area contributed by atoms with Crippen LogP contribution in [0.1, 0.15) is 71.6 Å². The van der Waals surface area contributed by atoms with Gasteiger partial charge in [-0.25, -0.2) is 0 Å². The molecule has 0 aliphatic rings. The van der Waals surface area contributed by atoms with Crippen LogP contribution in [0.5, 0.6) is 0 Å². The van der Waals surface area contributed by atoms with Crippen molar-refractivity contribution < 1.29 is 9.53 Å². The predicted octanol–water partition coefficient (Wildman–Crippen LogP) is 5.04. The van der Waals surface area contributed by atoms with Crippen molar-refractivity contribution in [2.24, 2.45) is 0 Å². The third-order valence-electron chi connectivity index (χ3n) is 2.54. The van der Waals surface area contributed by atoms with Crippen LogP contribution >= 0.6 is 0 Å². The van der Waals surface area contributed by atoms with Crippen LogP contribution in [-0.4, -0.2) is 12.6 Å². The van der Waals surface area contributed by atoms with Crippen molar-refractivity contribution in [3.05, 3.63) is 18.9 Å². The quantitative estimate of drug-likeness (QED) is 0.310. The van der Waals surface area contributed by atoms with Crippen LogP contribution in [0.3, 0.4) is 0 Å². The summed E-state index contributed by atoms with van der Waals surface area (Å²) in [6.45, 7) is 10.8. The van der Waals surface area contributed by atoms with Gasteiger partial charge < -0.3 is 4.74 Å². The van der Waals surface area contributed by atoms with E-state index in [4.69, 9.17) is 4.74 Å². The van der Waals surface area contributed by atoms with Crippen LogP contribution in [0.2, 0.25) is 0 Å². The lowest BCUT2D eigenvalue weighted by Crippen LogP contribution is -2.03. The summed E-state index contributed by atoms with van der Waals surface area (Å²) in [4.78, 5) is 11.0. The van der Waals surface area contributed by atoms with Crippen LogP contribution in [0.15, 0.2) is 18.9 Å². The number of rotatable bonds is 10. The number of hydrogen-bond acceptors (Lipinski definition) is 2. The van der Waals surface area contributed by atoms with Crippen molar-refractivity contribution in [3.8, 4) is 0 Å². The Labute approximate surface area is 113 Å². The first-order valence-electron chi connectivity index (χ1n) is 7.17. The monoisotopic (exact) mass is 254 g/mol. The second-order valence-corrected chi connectivity index (χ2v) is 4.28. The maximum atomic E-state index is 11.0. The van der Waals surface area contributed by atoms with Gasteiger partial charge in [-0.15, -0.1) is 5.73 Å². The maximum absolute atomic E-state index is 11.0. The number of carbonyl (C=O) groups is 1. The summed E-state index contributed by atoms with van der Waals surface area (Å²) in [5.74, 6) is -0.0384. The lowest BCUT2D eigenvalue weighted by molar-refractivity contribution is -0.143. The summed E-state index contributed by atoms with van der Waals surface area (Å²) in [6.07, 6.45) is 10.7. The van der Waals surface area contributed by atoms with Crippen LogP contribution < -0.4 is 0 Å². The van der Waals surface area contributed by atoms with Crippen molar-refractivity contribution >= 4 is 5.97 Å². The second-order valence-electron chi connectivity index (χ2n) is 4.28. The molecule has 0 saturated carbocycles.